The molecule has 0 bridgehead atoms. The van der Waals surface area contributed by atoms with Crippen molar-refractivity contribution in [3.63, 3.8) is 0 Å². The van der Waals surface area contributed by atoms with Gasteiger partial charge in [0.2, 0.25) is 0 Å². The number of allylic oxidation sites excluding steroid dienone is 1. The number of nitro groups is 1. The Labute approximate surface area is 173 Å². The fourth-order valence-electron chi connectivity index (χ4n) is 3.53. The van der Waals surface area contributed by atoms with E-state index in [1.807, 2.05) is 0 Å². The molecule has 0 spiro atoms. The van der Waals surface area contributed by atoms with Gasteiger partial charge in [-0.1, -0.05) is 6.07 Å². The highest BCUT2D eigenvalue weighted by Gasteiger charge is 2.45. The summed E-state index contributed by atoms with van der Waals surface area (Å²) in [5.74, 6) is -2.78. The van der Waals surface area contributed by atoms with Crippen molar-refractivity contribution in [1.29, 1.82) is 0 Å². The third kappa shape index (κ3) is 3.61. The van der Waals surface area contributed by atoms with Crippen LogP contribution >= 0.6 is 0 Å². The zero-order valence-corrected chi connectivity index (χ0v) is 15.6. The summed E-state index contributed by atoms with van der Waals surface area (Å²) in [4.78, 5) is 48.7. The van der Waals surface area contributed by atoms with Crippen LogP contribution in [0.25, 0.3) is 0 Å². The van der Waals surface area contributed by atoms with E-state index in [1.165, 1.54) is 6.07 Å². The largest absolute Gasteiger partial charge is 0.424 e. The second-order valence-electron chi connectivity index (χ2n) is 6.81. The van der Waals surface area contributed by atoms with Crippen molar-refractivity contribution in [2.45, 2.75) is 18.9 Å². The SMILES string of the molecule is O=C1CCC2=C1C(c1ccc(F)c(F)c1)N(C(=O)Oc1ccc([N+](=O)[O-])cc1)C(=O)N2. The zero-order valence-electron chi connectivity index (χ0n) is 15.6. The molecular formula is C20H13F2N3O6. The quantitative estimate of drug-likeness (QED) is 0.586. The molecule has 0 aromatic heterocycles. The molecule has 3 amide bonds. The Kier molecular flexibility index (Phi) is 4.93. The lowest BCUT2D eigenvalue weighted by Gasteiger charge is -2.34. The first-order valence-corrected chi connectivity index (χ1v) is 9.04. The smallest absolute Gasteiger partial charge is 0.410 e. The molecule has 1 aliphatic carbocycles. The molecule has 1 aliphatic heterocycles. The second kappa shape index (κ2) is 7.59. The molecule has 0 saturated carbocycles. The van der Waals surface area contributed by atoms with Gasteiger partial charge in [-0.15, -0.1) is 0 Å². The number of rotatable bonds is 3. The Hall–Kier alpha value is -4.15. The monoisotopic (exact) mass is 429 g/mol. The number of amides is 3. The summed E-state index contributed by atoms with van der Waals surface area (Å²) in [6, 6.07) is 5.11. The number of nitrogens with one attached hydrogen (secondary N) is 1. The van der Waals surface area contributed by atoms with Gasteiger partial charge in [0.05, 0.1) is 4.92 Å². The summed E-state index contributed by atoms with van der Waals surface area (Å²) in [6.07, 6.45) is -0.867. The predicted octanol–water partition coefficient (Wildman–Crippen LogP) is 3.76. The Morgan fingerprint density at radius 1 is 1.10 bits per heavy atom. The van der Waals surface area contributed by atoms with Crippen LogP contribution in [0.15, 0.2) is 53.7 Å². The van der Waals surface area contributed by atoms with Crippen LogP contribution < -0.4 is 10.1 Å². The van der Waals surface area contributed by atoms with Crippen molar-refractivity contribution < 1.29 is 32.8 Å². The Morgan fingerprint density at radius 2 is 1.81 bits per heavy atom. The number of ketones is 1. The van der Waals surface area contributed by atoms with Gasteiger partial charge in [0.15, 0.2) is 17.4 Å². The third-order valence-corrected chi connectivity index (χ3v) is 4.94. The first kappa shape index (κ1) is 20.1. The van der Waals surface area contributed by atoms with Crippen LogP contribution in [0.3, 0.4) is 0 Å². The average molecular weight is 429 g/mol. The maximum Gasteiger partial charge on any atom is 0.424 e. The van der Waals surface area contributed by atoms with Crippen LogP contribution in [0.4, 0.5) is 24.1 Å². The highest BCUT2D eigenvalue weighted by atomic mass is 19.2. The van der Waals surface area contributed by atoms with E-state index in [-0.39, 0.29) is 41.2 Å². The summed E-state index contributed by atoms with van der Waals surface area (Å²) < 4.78 is 32.5. The number of hydrogen-bond donors (Lipinski definition) is 1. The van der Waals surface area contributed by atoms with Gasteiger partial charge in [0.25, 0.3) is 5.69 Å². The van der Waals surface area contributed by atoms with E-state index >= 15 is 0 Å². The molecule has 1 heterocycles. The van der Waals surface area contributed by atoms with E-state index in [0.29, 0.717) is 10.6 Å². The Balaban J connectivity index is 1.72. The molecule has 0 saturated heterocycles. The fraction of sp³-hybridized carbons (Fsp3) is 0.150. The molecule has 1 unspecified atom stereocenters. The first-order chi connectivity index (χ1) is 14.8. The maximum atomic E-state index is 13.9. The van der Waals surface area contributed by atoms with Crippen LogP contribution in [-0.4, -0.2) is 27.7 Å². The number of imide groups is 1. The number of urea groups is 1. The van der Waals surface area contributed by atoms with Crippen molar-refractivity contribution in [2.24, 2.45) is 0 Å². The van der Waals surface area contributed by atoms with Gasteiger partial charge >= 0.3 is 12.1 Å². The maximum absolute atomic E-state index is 13.9. The highest BCUT2D eigenvalue weighted by molar-refractivity contribution is 6.05. The number of hydrogen-bond acceptors (Lipinski definition) is 6. The van der Waals surface area contributed by atoms with Crippen LogP contribution in [0.2, 0.25) is 0 Å². The normalized spacial score (nSPS) is 18.0. The number of non-ortho nitro benzene ring substituents is 1. The lowest BCUT2D eigenvalue weighted by atomic mass is 9.94. The topological polar surface area (TPSA) is 119 Å². The predicted molar refractivity (Wildman–Crippen MR) is 99.9 cm³/mol. The van der Waals surface area contributed by atoms with Crippen LogP contribution in [0, 0.1) is 21.7 Å². The summed E-state index contributed by atoms with van der Waals surface area (Å²) in [5.41, 5.74) is 0.175. The molecule has 4 rings (SSSR count). The minimum absolute atomic E-state index is 0.0112. The average Bonchev–Trinajstić information content (AvgIpc) is 3.09. The molecule has 2 aromatic rings. The van der Waals surface area contributed by atoms with Crippen molar-refractivity contribution in [2.75, 3.05) is 0 Å². The molecule has 1 atom stereocenters. The minimum atomic E-state index is -1.32. The van der Waals surface area contributed by atoms with E-state index < -0.39 is 34.7 Å². The zero-order chi connectivity index (χ0) is 22.3. The molecule has 0 fully saturated rings. The lowest BCUT2D eigenvalue weighted by Crippen LogP contribution is -2.51. The molecule has 2 aliphatic rings. The first-order valence-electron chi connectivity index (χ1n) is 9.04. The van der Waals surface area contributed by atoms with Crippen molar-refractivity contribution in [3.05, 3.63) is 81.0 Å². The van der Waals surface area contributed by atoms with Crippen LogP contribution in [-0.2, 0) is 4.79 Å². The van der Waals surface area contributed by atoms with Gasteiger partial charge in [-0.25, -0.2) is 23.3 Å². The van der Waals surface area contributed by atoms with E-state index in [1.54, 1.807) is 0 Å². The van der Waals surface area contributed by atoms with E-state index in [9.17, 15) is 33.3 Å². The standard InChI is InChI=1S/C20H13F2N3O6/c21-13-6-1-10(9-14(13)22)18-17-15(7-8-16(17)26)23-19(27)24(18)20(28)31-12-4-2-11(3-5-12)25(29)30/h1-6,9,18H,7-8H2,(H,23,27). The van der Waals surface area contributed by atoms with Gasteiger partial charge in [0.1, 0.15) is 11.8 Å². The number of ether oxygens (including phenoxy) is 1. The van der Waals surface area contributed by atoms with Crippen LogP contribution in [0.5, 0.6) is 5.75 Å². The molecule has 1 N–H and O–H groups in total. The van der Waals surface area contributed by atoms with E-state index in [4.69, 9.17) is 4.74 Å². The second-order valence-corrected chi connectivity index (χ2v) is 6.81. The fourth-order valence-corrected chi connectivity index (χ4v) is 3.53. The van der Waals surface area contributed by atoms with E-state index in [0.717, 1.165) is 36.4 Å². The minimum Gasteiger partial charge on any atom is -0.410 e. The number of nitrogens with zero attached hydrogens (tertiary/aromatic N) is 2. The molecule has 2 aromatic carbocycles. The molecule has 11 heteroatoms. The summed E-state index contributed by atoms with van der Waals surface area (Å²) in [5, 5.41) is 13.2. The Bertz CT molecular complexity index is 1160. The van der Waals surface area contributed by atoms with Gasteiger partial charge in [-0.05, 0) is 36.2 Å². The third-order valence-electron chi connectivity index (χ3n) is 4.94. The summed E-state index contributed by atoms with van der Waals surface area (Å²) in [6.45, 7) is 0. The van der Waals surface area contributed by atoms with Gasteiger partial charge in [-0.3, -0.25) is 14.9 Å². The van der Waals surface area contributed by atoms with Gasteiger partial charge in [-0.2, -0.15) is 0 Å². The molecular weight excluding hydrogens is 416 g/mol. The van der Waals surface area contributed by atoms with Crippen molar-refractivity contribution in [1.82, 2.24) is 10.2 Å². The number of carbonyl (C=O) groups excluding carboxylic acids is 3. The lowest BCUT2D eigenvalue weighted by molar-refractivity contribution is -0.384. The molecule has 158 valence electrons. The summed E-state index contributed by atoms with van der Waals surface area (Å²) >= 11 is 0. The molecule has 31 heavy (non-hydrogen) atoms. The highest BCUT2D eigenvalue weighted by Crippen LogP contribution is 2.40. The van der Waals surface area contributed by atoms with E-state index in [2.05, 4.69) is 5.32 Å². The van der Waals surface area contributed by atoms with Crippen molar-refractivity contribution in [3.8, 4) is 5.75 Å². The van der Waals surface area contributed by atoms with Gasteiger partial charge in [0, 0.05) is 29.8 Å². The van der Waals surface area contributed by atoms with Crippen molar-refractivity contribution >= 4 is 23.6 Å². The number of carbonyl (C=O) groups is 3. The number of halogens is 2. The number of benzene rings is 2. The molecule has 9 nitrogen and oxygen atoms in total. The van der Waals surface area contributed by atoms with Crippen LogP contribution in [0.1, 0.15) is 24.4 Å². The summed E-state index contributed by atoms with van der Waals surface area (Å²) in [7, 11) is 0. The molecule has 0 radical (unpaired) electrons. The number of Topliss-reactive ketones (excluding diaryl/α,β-unsaturated/α-hetero) is 1. The van der Waals surface area contributed by atoms with Gasteiger partial charge < -0.3 is 10.1 Å². The number of nitro benzene ring substituents is 1. The Morgan fingerprint density at radius 3 is 2.45 bits per heavy atom.